The van der Waals surface area contributed by atoms with Crippen molar-refractivity contribution in [2.75, 3.05) is 0 Å². The van der Waals surface area contributed by atoms with Gasteiger partial charge in [0, 0.05) is 24.9 Å². The van der Waals surface area contributed by atoms with E-state index >= 15 is 0 Å². The Hall–Kier alpha value is -2.01. The third-order valence-electron chi connectivity index (χ3n) is 3.00. The number of ketones is 1. The molecule has 1 aromatic carbocycles. The fourth-order valence-corrected chi connectivity index (χ4v) is 3.00. The summed E-state index contributed by atoms with van der Waals surface area (Å²) in [5.41, 5.74) is 0.894. The largest absolute Gasteiger partial charge is 0.337 e. The second-order valence-electron chi connectivity index (χ2n) is 4.51. The predicted molar refractivity (Wildman–Crippen MR) is 75.3 cm³/mol. The highest BCUT2D eigenvalue weighted by Gasteiger charge is 2.19. The van der Waals surface area contributed by atoms with Gasteiger partial charge in [0.1, 0.15) is 0 Å². The monoisotopic (exact) mass is 271 g/mol. The minimum absolute atomic E-state index is 0.0925. The second-order valence-corrected chi connectivity index (χ2v) is 5.54. The first kappa shape index (κ1) is 12.0. The fourth-order valence-electron chi connectivity index (χ4n) is 1.98. The average Bonchev–Trinajstić information content (AvgIpc) is 3.05. The first-order valence-electron chi connectivity index (χ1n) is 6.09. The van der Waals surface area contributed by atoms with Crippen molar-refractivity contribution in [3.8, 4) is 0 Å². The van der Waals surface area contributed by atoms with Crippen molar-refractivity contribution in [1.29, 1.82) is 0 Å². The van der Waals surface area contributed by atoms with Crippen molar-refractivity contribution in [1.82, 2.24) is 14.5 Å². The Morgan fingerprint density at radius 2 is 2.26 bits per heavy atom. The van der Waals surface area contributed by atoms with E-state index < -0.39 is 0 Å². The Morgan fingerprint density at radius 3 is 3.00 bits per heavy atom. The van der Waals surface area contributed by atoms with Gasteiger partial charge in [-0.2, -0.15) is 0 Å². The molecule has 2 aromatic heterocycles. The van der Waals surface area contributed by atoms with Crippen LogP contribution in [0.1, 0.15) is 16.7 Å². The Morgan fingerprint density at radius 1 is 1.42 bits per heavy atom. The number of nitrogens with zero attached hydrogens (tertiary/aromatic N) is 3. The molecule has 3 aromatic rings. The van der Waals surface area contributed by atoms with Gasteiger partial charge < -0.3 is 4.57 Å². The summed E-state index contributed by atoms with van der Waals surface area (Å²) in [6, 6.07) is 7.82. The van der Waals surface area contributed by atoms with Crippen LogP contribution in [0.4, 0.5) is 0 Å². The lowest BCUT2D eigenvalue weighted by molar-refractivity contribution is 0.0918. The second kappa shape index (κ2) is 4.93. The molecule has 3 rings (SSSR count). The molecule has 1 unspecified atom stereocenters. The maximum Gasteiger partial charge on any atom is 0.195 e. The van der Waals surface area contributed by atoms with Crippen LogP contribution in [0.25, 0.3) is 10.2 Å². The fraction of sp³-hybridized carbons (Fsp3) is 0.214. The van der Waals surface area contributed by atoms with Crippen LogP contribution < -0.4 is 0 Å². The molecule has 0 saturated carbocycles. The lowest BCUT2D eigenvalue weighted by atomic mass is 10.1. The third-order valence-corrected chi connectivity index (χ3v) is 4.05. The predicted octanol–water partition coefficient (Wildman–Crippen LogP) is 3.01. The van der Waals surface area contributed by atoms with Crippen LogP contribution >= 0.6 is 11.3 Å². The van der Waals surface area contributed by atoms with E-state index in [-0.39, 0.29) is 11.7 Å². The molecule has 0 bridgehead atoms. The lowest BCUT2D eigenvalue weighted by Gasteiger charge is -2.08. The van der Waals surface area contributed by atoms with Crippen molar-refractivity contribution >= 4 is 27.3 Å². The van der Waals surface area contributed by atoms with E-state index in [4.69, 9.17) is 0 Å². The van der Waals surface area contributed by atoms with Crippen LogP contribution in [0.15, 0.2) is 43.0 Å². The minimum atomic E-state index is -0.102. The first-order chi connectivity index (χ1) is 9.24. The number of fused-ring (bicyclic) bond motifs is 1. The summed E-state index contributed by atoms with van der Waals surface area (Å²) >= 11 is 1.46. The number of imidazole rings is 1. The smallest absolute Gasteiger partial charge is 0.195 e. The summed E-state index contributed by atoms with van der Waals surface area (Å²) in [6.07, 6.45) is 5.30. The summed E-state index contributed by atoms with van der Waals surface area (Å²) in [5, 5.41) is 0.591. The van der Waals surface area contributed by atoms with Gasteiger partial charge in [-0.1, -0.05) is 19.1 Å². The highest BCUT2D eigenvalue weighted by Crippen LogP contribution is 2.24. The molecular formula is C14H13N3OS. The summed E-state index contributed by atoms with van der Waals surface area (Å²) < 4.78 is 2.97. The number of hydrogen-bond acceptors (Lipinski definition) is 4. The van der Waals surface area contributed by atoms with Crippen molar-refractivity contribution < 1.29 is 4.79 Å². The van der Waals surface area contributed by atoms with Gasteiger partial charge in [-0.15, -0.1) is 11.3 Å². The number of Topliss-reactive ketones (excluding diaryl/α,β-unsaturated/α-hetero) is 1. The van der Waals surface area contributed by atoms with Crippen molar-refractivity contribution in [3.63, 3.8) is 0 Å². The number of carbonyl (C=O) groups is 1. The maximum absolute atomic E-state index is 12.4. The number of aromatic nitrogens is 3. The van der Waals surface area contributed by atoms with E-state index in [9.17, 15) is 4.79 Å². The molecule has 0 aliphatic rings. The van der Waals surface area contributed by atoms with Crippen molar-refractivity contribution in [3.05, 3.63) is 48.0 Å². The molecule has 5 heteroatoms. The molecule has 1 atom stereocenters. The number of thiazole rings is 1. The van der Waals surface area contributed by atoms with E-state index in [0.717, 1.165) is 10.2 Å². The zero-order chi connectivity index (χ0) is 13.2. The Labute approximate surface area is 114 Å². The highest BCUT2D eigenvalue weighted by molar-refractivity contribution is 7.20. The maximum atomic E-state index is 12.4. The van der Waals surface area contributed by atoms with Gasteiger partial charge in [0.05, 0.1) is 16.5 Å². The van der Waals surface area contributed by atoms with Gasteiger partial charge in [-0.05, 0) is 12.1 Å². The highest BCUT2D eigenvalue weighted by atomic mass is 32.1. The van der Waals surface area contributed by atoms with Crippen LogP contribution in [0.2, 0.25) is 0 Å². The SMILES string of the molecule is CC(Cn1ccnc1)C(=O)c1nc2ccccc2s1. The molecule has 0 saturated heterocycles. The van der Waals surface area contributed by atoms with Gasteiger partial charge in [0.2, 0.25) is 0 Å². The number of benzene rings is 1. The number of rotatable bonds is 4. The molecular weight excluding hydrogens is 258 g/mol. The van der Waals surface area contributed by atoms with Gasteiger partial charge in [-0.25, -0.2) is 9.97 Å². The molecule has 0 amide bonds. The minimum Gasteiger partial charge on any atom is -0.337 e. The Kier molecular flexibility index (Phi) is 3.13. The topological polar surface area (TPSA) is 47.8 Å². The first-order valence-corrected chi connectivity index (χ1v) is 6.91. The number of hydrogen-bond donors (Lipinski definition) is 0. The van der Waals surface area contributed by atoms with Gasteiger partial charge in [0.15, 0.2) is 10.8 Å². The van der Waals surface area contributed by atoms with Crippen LogP contribution in [0.3, 0.4) is 0 Å². The van der Waals surface area contributed by atoms with E-state index in [1.807, 2.05) is 42.0 Å². The molecule has 19 heavy (non-hydrogen) atoms. The summed E-state index contributed by atoms with van der Waals surface area (Å²) in [5.74, 6) is -0.00957. The van der Waals surface area contributed by atoms with E-state index in [1.54, 1.807) is 12.5 Å². The van der Waals surface area contributed by atoms with Crippen LogP contribution in [0, 0.1) is 5.92 Å². The molecule has 4 nitrogen and oxygen atoms in total. The molecule has 0 fully saturated rings. The molecule has 0 aliphatic carbocycles. The van der Waals surface area contributed by atoms with E-state index in [1.165, 1.54) is 11.3 Å². The zero-order valence-electron chi connectivity index (χ0n) is 10.5. The van der Waals surface area contributed by atoms with Crippen LogP contribution in [-0.2, 0) is 6.54 Å². The van der Waals surface area contributed by atoms with Gasteiger partial charge in [0.25, 0.3) is 0 Å². The third kappa shape index (κ3) is 2.42. The van der Waals surface area contributed by atoms with Crippen molar-refractivity contribution in [2.24, 2.45) is 5.92 Å². The van der Waals surface area contributed by atoms with Gasteiger partial charge in [-0.3, -0.25) is 4.79 Å². The van der Waals surface area contributed by atoms with Gasteiger partial charge >= 0.3 is 0 Å². The average molecular weight is 271 g/mol. The normalized spacial score (nSPS) is 12.7. The summed E-state index contributed by atoms with van der Waals surface area (Å²) in [6.45, 7) is 2.56. The van der Waals surface area contributed by atoms with Crippen LogP contribution in [-0.4, -0.2) is 20.3 Å². The Balaban J connectivity index is 1.82. The molecule has 96 valence electrons. The summed E-state index contributed by atoms with van der Waals surface area (Å²) in [7, 11) is 0. The van der Waals surface area contributed by atoms with Crippen LogP contribution in [0.5, 0.6) is 0 Å². The standard InChI is InChI=1S/C14H13N3OS/c1-10(8-17-7-6-15-9-17)13(18)14-16-11-4-2-3-5-12(11)19-14/h2-7,9-10H,8H2,1H3. The number of carbonyl (C=O) groups excluding carboxylic acids is 1. The lowest BCUT2D eigenvalue weighted by Crippen LogP contribution is -2.16. The molecule has 0 spiro atoms. The molecule has 0 aliphatic heterocycles. The summed E-state index contributed by atoms with van der Waals surface area (Å²) in [4.78, 5) is 20.7. The molecule has 0 radical (unpaired) electrons. The molecule has 2 heterocycles. The van der Waals surface area contributed by atoms with E-state index in [0.29, 0.717) is 11.6 Å². The van der Waals surface area contributed by atoms with E-state index in [2.05, 4.69) is 9.97 Å². The van der Waals surface area contributed by atoms with Crippen molar-refractivity contribution in [2.45, 2.75) is 13.5 Å². The quantitative estimate of drug-likeness (QED) is 0.685. The molecule has 0 N–H and O–H groups in total. The number of para-hydroxylation sites is 1. The Bertz CT molecular complexity index is 669. The zero-order valence-corrected chi connectivity index (χ0v) is 11.3.